The second-order valence-electron chi connectivity index (χ2n) is 3.87. The number of nitrogens with zero attached hydrogens (tertiary/aromatic N) is 2. The highest BCUT2D eigenvalue weighted by molar-refractivity contribution is 7.13. The Balaban J connectivity index is 2.21. The summed E-state index contributed by atoms with van der Waals surface area (Å²) in [5.74, 6) is 1.03. The first-order valence-electron chi connectivity index (χ1n) is 5.59. The number of nitrogens with two attached hydrogens (primary N) is 1. The van der Waals surface area contributed by atoms with E-state index in [-0.39, 0.29) is 0 Å². The summed E-state index contributed by atoms with van der Waals surface area (Å²) >= 11 is 1.75. The first kappa shape index (κ1) is 10.5. The summed E-state index contributed by atoms with van der Waals surface area (Å²) in [6, 6.07) is 8.40. The van der Waals surface area contributed by atoms with Gasteiger partial charge in [-0.25, -0.2) is 4.98 Å². The molecule has 4 heteroatoms. The highest BCUT2D eigenvalue weighted by Gasteiger charge is 2.08. The van der Waals surface area contributed by atoms with Crippen molar-refractivity contribution in [1.82, 2.24) is 9.38 Å². The minimum Gasteiger partial charge on any atom is -0.330 e. The molecular formula is C13H13N3S. The summed E-state index contributed by atoms with van der Waals surface area (Å²) in [5, 5.41) is 2.09. The van der Waals surface area contributed by atoms with Crippen LogP contribution in [0.3, 0.4) is 0 Å². The SMILES string of the molecule is NCCc1ncc2c(-c3cccs3)cccn12. The summed E-state index contributed by atoms with van der Waals surface area (Å²) in [5.41, 5.74) is 7.98. The number of imidazole rings is 1. The Morgan fingerprint density at radius 1 is 1.29 bits per heavy atom. The summed E-state index contributed by atoms with van der Waals surface area (Å²) in [6.07, 6.45) is 4.78. The normalized spacial score (nSPS) is 11.1. The van der Waals surface area contributed by atoms with Crippen LogP contribution in [-0.2, 0) is 6.42 Å². The summed E-state index contributed by atoms with van der Waals surface area (Å²) in [7, 11) is 0. The van der Waals surface area contributed by atoms with Gasteiger partial charge in [0.25, 0.3) is 0 Å². The van der Waals surface area contributed by atoms with Crippen LogP contribution in [0, 0.1) is 0 Å². The third-order valence-corrected chi connectivity index (χ3v) is 3.71. The number of hydrogen-bond acceptors (Lipinski definition) is 3. The van der Waals surface area contributed by atoms with Crippen LogP contribution < -0.4 is 5.73 Å². The summed E-state index contributed by atoms with van der Waals surface area (Å²) in [4.78, 5) is 5.72. The molecule has 0 aliphatic carbocycles. The lowest BCUT2D eigenvalue weighted by Gasteiger charge is -2.03. The molecule has 0 unspecified atom stereocenters. The van der Waals surface area contributed by atoms with Crippen LogP contribution in [0.15, 0.2) is 42.0 Å². The molecular weight excluding hydrogens is 230 g/mol. The van der Waals surface area contributed by atoms with Crippen LogP contribution in [0.25, 0.3) is 16.0 Å². The molecule has 0 fully saturated rings. The predicted octanol–water partition coefficient (Wildman–Crippen LogP) is 2.56. The van der Waals surface area contributed by atoms with Gasteiger partial charge in [-0.15, -0.1) is 11.3 Å². The van der Waals surface area contributed by atoms with Crippen molar-refractivity contribution in [3.8, 4) is 10.4 Å². The van der Waals surface area contributed by atoms with Crippen molar-refractivity contribution in [2.45, 2.75) is 6.42 Å². The maximum Gasteiger partial charge on any atom is 0.114 e. The standard InChI is InChI=1S/C13H13N3S/c14-6-5-13-15-9-11-10(3-1-7-16(11)13)12-4-2-8-17-12/h1-4,7-9H,5-6,14H2. The molecule has 3 aromatic rings. The average Bonchev–Trinajstić information content (AvgIpc) is 2.98. The minimum absolute atomic E-state index is 0.627. The molecule has 0 radical (unpaired) electrons. The zero-order valence-electron chi connectivity index (χ0n) is 9.34. The van der Waals surface area contributed by atoms with E-state index in [1.807, 2.05) is 12.4 Å². The van der Waals surface area contributed by atoms with Gasteiger partial charge in [0.05, 0.1) is 11.7 Å². The fraction of sp³-hybridized carbons (Fsp3) is 0.154. The van der Waals surface area contributed by atoms with Crippen molar-refractivity contribution in [1.29, 1.82) is 0 Å². The van der Waals surface area contributed by atoms with Crippen LogP contribution in [0.1, 0.15) is 5.82 Å². The number of pyridine rings is 1. The van der Waals surface area contributed by atoms with Gasteiger partial charge in [-0.3, -0.25) is 0 Å². The molecule has 3 heterocycles. The van der Waals surface area contributed by atoms with Gasteiger partial charge < -0.3 is 10.1 Å². The molecule has 3 rings (SSSR count). The van der Waals surface area contributed by atoms with Crippen LogP contribution in [0.2, 0.25) is 0 Å². The van der Waals surface area contributed by atoms with Crippen LogP contribution in [0.5, 0.6) is 0 Å². The molecule has 86 valence electrons. The Hall–Kier alpha value is -1.65. The molecule has 0 saturated heterocycles. The minimum atomic E-state index is 0.627. The Bertz CT molecular complexity index is 625. The maximum atomic E-state index is 5.59. The average molecular weight is 243 g/mol. The molecule has 0 aliphatic rings. The van der Waals surface area contributed by atoms with E-state index in [4.69, 9.17) is 5.73 Å². The molecule has 0 amide bonds. The molecule has 0 aromatic carbocycles. The van der Waals surface area contributed by atoms with E-state index in [0.29, 0.717) is 6.54 Å². The number of aromatic nitrogens is 2. The molecule has 0 bridgehead atoms. The molecule has 2 N–H and O–H groups in total. The van der Waals surface area contributed by atoms with Crippen molar-refractivity contribution in [2.24, 2.45) is 5.73 Å². The van der Waals surface area contributed by atoms with Gasteiger partial charge >= 0.3 is 0 Å². The Morgan fingerprint density at radius 3 is 3.00 bits per heavy atom. The first-order valence-corrected chi connectivity index (χ1v) is 6.47. The van der Waals surface area contributed by atoms with Crippen molar-refractivity contribution < 1.29 is 0 Å². The van der Waals surface area contributed by atoms with E-state index >= 15 is 0 Å². The van der Waals surface area contributed by atoms with Crippen LogP contribution in [0.4, 0.5) is 0 Å². The lowest BCUT2D eigenvalue weighted by atomic mass is 10.2. The number of fused-ring (bicyclic) bond motifs is 1. The lowest BCUT2D eigenvalue weighted by Crippen LogP contribution is -2.06. The molecule has 3 nitrogen and oxygen atoms in total. The fourth-order valence-corrected chi connectivity index (χ4v) is 2.79. The highest BCUT2D eigenvalue weighted by Crippen LogP contribution is 2.28. The van der Waals surface area contributed by atoms with Gasteiger partial charge in [-0.05, 0) is 30.1 Å². The Kier molecular flexibility index (Phi) is 2.66. The summed E-state index contributed by atoms with van der Waals surface area (Å²) in [6.45, 7) is 0.627. The van der Waals surface area contributed by atoms with Crippen LogP contribution >= 0.6 is 11.3 Å². The van der Waals surface area contributed by atoms with Crippen molar-refractivity contribution in [2.75, 3.05) is 6.54 Å². The van der Waals surface area contributed by atoms with Gasteiger partial charge in [0, 0.05) is 23.1 Å². The zero-order chi connectivity index (χ0) is 11.7. The molecule has 0 spiro atoms. The molecule has 0 atom stereocenters. The summed E-state index contributed by atoms with van der Waals surface area (Å²) < 4.78 is 2.13. The van der Waals surface area contributed by atoms with Crippen LogP contribution in [-0.4, -0.2) is 15.9 Å². The van der Waals surface area contributed by atoms with Crippen molar-refractivity contribution >= 4 is 16.9 Å². The second kappa shape index (κ2) is 4.31. The zero-order valence-corrected chi connectivity index (χ0v) is 10.2. The number of rotatable bonds is 3. The third kappa shape index (κ3) is 1.75. The Labute approximate surface area is 104 Å². The topological polar surface area (TPSA) is 43.3 Å². The van der Waals surface area contributed by atoms with Gasteiger partial charge in [0.2, 0.25) is 0 Å². The molecule has 3 aromatic heterocycles. The Morgan fingerprint density at radius 2 is 2.24 bits per heavy atom. The monoisotopic (exact) mass is 243 g/mol. The molecule has 0 aliphatic heterocycles. The van der Waals surface area contributed by atoms with E-state index in [9.17, 15) is 0 Å². The van der Waals surface area contributed by atoms with Gasteiger partial charge in [-0.1, -0.05) is 6.07 Å². The number of thiophene rings is 1. The van der Waals surface area contributed by atoms with E-state index in [1.165, 1.54) is 10.4 Å². The van der Waals surface area contributed by atoms with E-state index in [1.54, 1.807) is 11.3 Å². The lowest BCUT2D eigenvalue weighted by molar-refractivity contribution is 0.863. The van der Waals surface area contributed by atoms with Gasteiger partial charge in [0.1, 0.15) is 5.82 Å². The van der Waals surface area contributed by atoms with E-state index in [2.05, 4.69) is 39.0 Å². The predicted molar refractivity (Wildman–Crippen MR) is 71.3 cm³/mol. The molecule has 17 heavy (non-hydrogen) atoms. The van der Waals surface area contributed by atoms with E-state index in [0.717, 1.165) is 17.8 Å². The van der Waals surface area contributed by atoms with Gasteiger partial charge in [-0.2, -0.15) is 0 Å². The molecule has 0 saturated carbocycles. The maximum absolute atomic E-state index is 5.59. The fourth-order valence-electron chi connectivity index (χ4n) is 2.03. The smallest absolute Gasteiger partial charge is 0.114 e. The van der Waals surface area contributed by atoms with Crippen molar-refractivity contribution in [3.63, 3.8) is 0 Å². The van der Waals surface area contributed by atoms with Crippen molar-refractivity contribution in [3.05, 3.63) is 47.9 Å². The number of hydrogen-bond donors (Lipinski definition) is 1. The van der Waals surface area contributed by atoms with E-state index < -0.39 is 0 Å². The highest BCUT2D eigenvalue weighted by atomic mass is 32.1. The van der Waals surface area contributed by atoms with Gasteiger partial charge in [0.15, 0.2) is 0 Å². The quantitative estimate of drug-likeness (QED) is 0.768. The second-order valence-corrected chi connectivity index (χ2v) is 4.82. The first-order chi connectivity index (χ1) is 8.40. The largest absolute Gasteiger partial charge is 0.330 e. The third-order valence-electron chi connectivity index (χ3n) is 2.80.